The van der Waals surface area contributed by atoms with E-state index in [9.17, 15) is 4.79 Å². The molecule has 0 spiro atoms. The topological polar surface area (TPSA) is 60.4 Å². The average Bonchev–Trinajstić information content (AvgIpc) is 3.36. The number of piperazine rings is 1. The number of aliphatic imine (C=N–C) groups is 1. The van der Waals surface area contributed by atoms with Crippen LogP contribution in [0.5, 0.6) is 0 Å². The SMILES string of the molecule is CN=C(NCCCOCC1CC1)N1CCN(C(C)C(=O)N2CCCC2)CC1. The summed E-state index contributed by atoms with van der Waals surface area (Å²) in [5.74, 6) is 2.10. The van der Waals surface area contributed by atoms with E-state index in [0.717, 1.165) is 90.2 Å². The molecule has 27 heavy (non-hydrogen) atoms. The van der Waals surface area contributed by atoms with Crippen LogP contribution in [0.1, 0.15) is 39.0 Å². The number of carbonyl (C=O) groups is 1. The molecule has 1 unspecified atom stereocenters. The fourth-order valence-corrected chi connectivity index (χ4v) is 3.92. The van der Waals surface area contributed by atoms with Gasteiger partial charge in [-0.1, -0.05) is 0 Å². The van der Waals surface area contributed by atoms with Crippen LogP contribution < -0.4 is 5.32 Å². The van der Waals surface area contributed by atoms with E-state index < -0.39 is 0 Å². The Morgan fingerprint density at radius 2 is 1.81 bits per heavy atom. The van der Waals surface area contributed by atoms with E-state index in [1.807, 2.05) is 11.9 Å². The van der Waals surface area contributed by atoms with Gasteiger partial charge in [-0.05, 0) is 44.9 Å². The molecule has 7 heteroatoms. The summed E-state index contributed by atoms with van der Waals surface area (Å²) in [6, 6.07) is -0.0103. The molecule has 2 heterocycles. The zero-order valence-electron chi connectivity index (χ0n) is 17.2. The van der Waals surface area contributed by atoms with Crippen molar-refractivity contribution in [2.45, 2.75) is 45.1 Å². The average molecular weight is 380 g/mol. The van der Waals surface area contributed by atoms with Gasteiger partial charge >= 0.3 is 0 Å². The quantitative estimate of drug-likeness (QED) is 0.387. The summed E-state index contributed by atoms with van der Waals surface area (Å²) in [4.78, 5) is 23.7. The molecule has 3 rings (SSSR count). The summed E-state index contributed by atoms with van der Waals surface area (Å²) in [7, 11) is 1.85. The standard InChI is InChI=1S/C20H37N5O2/c1-17(19(26)24-9-3-4-10-24)23-11-13-25(14-12-23)20(21-2)22-8-5-15-27-16-18-6-7-18/h17-18H,3-16H2,1-2H3,(H,21,22). The number of likely N-dealkylation sites (tertiary alicyclic amines) is 1. The Kier molecular flexibility index (Phi) is 7.76. The number of carbonyl (C=O) groups excluding carboxylic acids is 1. The Balaban J connectivity index is 1.33. The molecule has 0 bridgehead atoms. The molecular weight excluding hydrogens is 342 g/mol. The van der Waals surface area contributed by atoms with E-state index in [2.05, 4.69) is 27.0 Å². The number of amides is 1. The lowest BCUT2D eigenvalue weighted by molar-refractivity contribution is -0.135. The number of hydrogen-bond acceptors (Lipinski definition) is 4. The van der Waals surface area contributed by atoms with Crippen LogP contribution >= 0.6 is 0 Å². The van der Waals surface area contributed by atoms with Crippen LogP contribution in [0, 0.1) is 5.92 Å². The third-order valence-electron chi connectivity index (χ3n) is 5.95. The maximum Gasteiger partial charge on any atom is 0.239 e. The van der Waals surface area contributed by atoms with Crippen LogP contribution in [0.15, 0.2) is 4.99 Å². The Morgan fingerprint density at radius 3 is 2.44 bits per heavy atom. The van der Waals surface area contributed by atoms with Gasteiger partial charge in [0.25, 0.3) is 0 Å². The molecule has 154 valence electrons. The highest BCUT2D eigenvalue weighted by molar-refractivity contribution is 5.82. The first-order valence-electron chi connectivity index (χ1n) is 10.7. The molecule has 1 aliphatic carbocycles. The Morgan fingerprint density at radius 1 is 1.11 bits per heavy atom. The van der Waals surface area contributed by atoms with Crippen molar-refractivity contribution in [1.82, 2.24) is 20.0 Å². The summed E-state index contributed by atoms with van der Waals surface area (Å²) in [6.07, 6.45) is 6.00. The summed E-state index contributed by atoms with van der Waals surface area (Å²) in [5.41, 5.74) is 0. The molecule has 2 aliphatic heterocycles. The minimum absolute atomic E-state index is 0.0103. The third-order valence-corrected chi connectivity index (χ3v) is 5.95. The molecule has 2 saturated heterocycles. The highest BCUT2D eigenvalue weighted by Crippen LogP contribution is 2.28. The first kappa shape index (κ1) is 20.4. The highest BCUT2D eigenvalue weighted by Gasteiger charge is 2.30. The van der Waals surface area contributed by atoms with Gasteiger partial charge in [-0.25, -0.2) is 0 Å². The van der Waals surface area contributed by atoms with E-state index >= 15 is 0 Å². The number of nitrogens with zero attached hydrogens (tertiary/aromatic N) is 4. The van der Waals surface area contributed by atoms with Gasteiger partial charge in [-0.15, -0.1) is 0 Å². The third kappa shape index (κ3) is 6.07. The molecule has 0 radical (unpaired) electrons. The monoisotopic (exact) mass is 379 g/mol. The molecule has 0 aromatic heterocycles. The zero-order chi connectivity index (χ0) is 19.1. The maximum atomic E-state index is 12.6. The van der Waals surface area contributed by atoms with E-state index in [1.54, 1.807) is 0 Å². The van der Waals surface area contributed by atoms with Crippen LogP contribution in [0.25, 0.3) is 0 Å². The van der Waals surface area contributed by atoms with Gasteiger partial charge in [0.2, 0.25) is 5.91 Å². The Hall–Kier alpha value is -1.34. The second-order valence-corrected chi connectivity index (χ2v) is 8.08. The van der Waals surface area contributed by atoms with Crippen molar-refractivity contribution in [3.63, 3.8) is 0 Å². The lowest BCUT2D eigenvalue weighted by atomic mass is 10.2. The second-order valence-electron chi connectivity index (χ2n) is 8.08. The Labute approximate surface area is 164 Å². The van der Waals surface area contributed by atoms with E-state index in [4.69, 9.17) is 4.74 Å². The van der Waals surface area contributed by atoms with Gasteiger partial charge in [0.1, 0.15) is 0 Å². The van der Waals surface area contributed by atoms with Crippen LogP contribution in [-0.2, 0) is 9.53 Å². The predicted octanol–water partition coefficient (Wildman–Crippen LogP) is 1.01. The second kappa shape index (κ2) is 10.3. The molecule has 1 N–H and O–H groups in total. The molecular formula is C20H37N5O2. The molecule has 7 nitrogen and oxygen atoms in total. The first-order valence-corrected chi connectivity index (χ1v) is 10.7. The molecule has 1 atom stereocenters. The number of nitrogens with one attached hydrogen (secondary N) is 1. The highest BCUT2D eigenvalue weighted by atomic mass is 16.5. The fourth-order valence-electron chi connectivity index (χ4n) is 3.92. The van der Waals surface area contributed by atoms with Gasteiger partial charge in [0, 0.05) is 66.1 Å². The van der Waals surface area contributed by atoms with Crippen molar-refractivity contribution in [3.8, 4) is 0 Å². The molecule has 0 aromatic rings. The lowest BCUT2D eigenvalue weighted by Crippen LogP contribution is -2.57. The predicted molar refractivity (Wildman–Crippen MR) is 108 cm³/mol. The minimum Gasteiger partial charge on any atom is -0.381 e. The molecule has 1 amide bonds. The summed E-state index contributed by atoms with van der Waals surface area (Å²) >= 11 is 0. The van der Waals surface area contributed by atoms with E-state index in [1.165, 1.54) is 12.8 Å². The van der Waals surface area contributed by atoms with Crippen molar-refractivity contribution < 1.29 is 9.53 Å². The van der Waals surface area contributed by atoms with Gasteiger partial charge in [-0.3, -0.25) is 14.7 Å². The van der Waals surface area contributed by atoms with Crippen LogP contribution in [0.4, 0.5) is 0 Å². The van der Waals surface area contributed by atoms with Gasteiger partial charge in [0.05, 0.1) is 6.04 Å². The summed E-state index contributed by atoms with van der Waals surface area (Å²) in [5, 5.41) is 3.46. The number of guanidine groups is 1. The molecule has 0 aromatic carbocycles. The summed E-state index contributed by atoms with van der Waals surface area (Å²) < 4.78 is 5.69. The maximum absolute atomic E-state index is 12.6. The van der Waals surface area contributed by atoms with Gasteiger partial charge < -0.3 is 19.9 Å². The van der Waals surface area contributed by atoms with Crippen molar-refractivity contribution in [1.29, 1.82) is 0 Å². The van der Waals surface area contributed by atoms with Crippen molar-refractivity contribution in [2.75, 3.05) is 66.1 Å². The molecule has 1 saturated carbocycles. The summed E-state index contributed by atoms with van der Waals surface area (Å²) in [6.45, 7) is 10.2. The molecule has 3 aliphatic rings. The smallest absolute Gasteiger partial charge is 0.239 e. The number of ether oxygens (including phenoxy) is 1. The van der Waals surface area contributed by atoms with Crippen LogP contribution in [0.3, 0.4) is 0 Å². The van der Waals surface area contributed by atoms with Crippen molar-refractivity contribution in [3.05, 3.63) is 0 Å². The Bertz CT molecular complexity index is 495. The zero-order valence-corrected chi connectivity index (χ0v) is 17.2. The fraction of sp³-hybridized carbons (Fsp3) is 0.900. The van der Waals surface area contributed by atoms with Crippen molar-refractivity contribution in [2.24, 2.45) is 10.9 Å². The number of rotatable bonds is 8. The van der Waals surface area contributed by atoms with E-state index in [-0.39, 0.29) is 6.04 Å². The first-order chi connectivity index (χ1) is 13.2. The van der Waals surface area contributed by atoms with Crippen LogP contribution in [-0.4, -0.2) is 98.7 Å². The largest absolute Gasteiger partial charge is 0.381 e. The minimum atomic E-state index is -0.0103. The van der Waals surface area contributed by atoms with Gasteiger partial charge in [-0.2, -0.15) is 0 Å². The number of hydrogen-bond donors (Lipinski definition) is 1. The van der Waals surface area contributed by atoms with Crippen molar-refractivity contribution >= 4 is 11.9 Å². The molecule has 3 fully saturated rings. The van der Waals surface area contributed by atoms with E-state index in [0.29, 0.717) is 5.91 Å². The van der Waals surface area contributed by atoms with Gasteiger partial charge in [0.15, 0.2) is 5.96 Å². The van der Waals surface area contributed by atoms with Crippen LogP contribution in [0.2, 0.25) is 0 Å². The normalized spacial score (nSPS) is 23.0. The lowest BCUT2D eigenvalue weighted by Gasteiger charge is -2.39.